The van der Waals surface area contributed by atoms with Gasteiger partial charge in [0, 0.05) is 12.4 Å². The summed E-state index contributed by atoms with van der Waals surface area (Å²) in [5.41, 5.74) is 2.59. The molecule has 0 aliphatic rings. The van der Waals surface area contributed by atoms with Crippen LogP contribution in [0.4, 0.5) is 0 Å². The van der Waals surface area contributed by atoms with Gasteiger partial charge in [0.15, 0.2) is 5.82 Å². The number of nitrogens with one attached hydrogen (secondary N) is 1. The number of aromatic nitrogens is 4. The van der Waals surface area contributed by atoms with Gasteiger partial charge in [-0.15, -0.1) is 0 Å². The van der Waals surface area contributed by atoms with Crippen LogP contribution >= 0.6 is 11.5 Å². The van der Waals surface area contributed by atoms with E-state index >= 15 is 0 Å². The van der Waals surface area contributed by atoms with Crippen LogP contribution in [0.25, 0.3) is 0 Å². The summed E-state index contributed by atoms with van der Waals surface area (Å²) in [6, 6.07) is 9.85. The smallest absolute Gasteiger partial charge is 0.282 e. The van der Waals surface area contributed by atoms with E-state index in [4.69, 9.17) is 4.74 Å². The summed E-state index contributed by atoms with van der Waals surface area (Å²) in [4.78, 5) is 24.7. The number of nitrogens with zero attached hydrogens (tertiary/aromatic N) is 4. The van der Waals surface area contributed by atoms with E-state index in [2.05, 4.69) is 24.6 Å². The van der Waals surface area contributed by atoms with Gasteiger partial charge in [-0.1, -0.05) is 30.3 Å². The Labute approximate surface area is 149 Å². The van der Waals surface area contributed by atoms with Gasteiger partial charge in [-0.05, 0) is 24.0 Å². The molecule has 25 heavy (non-hydrogen) atoms. The number of hydrogen-bond donors (Lipinski definition) is 1. The van der Waals surface area contributed by atoms with E-state index in [1.54, 1.807) is 12.4 Å². The Hall–Kier alpha value is -2.71. The van der Waals surface area contributed by atoms with Crippen LogP contribution in [0.1, 0.15) is 32.6 Å². The predicted octanol–water partition coefficient (Wildman–Crippen LogP) is 2.28. The SMILES string of the molecule is Cc1nccnc1CNC(=O)c1nc(COCc2ccccc2)ns1. The van der Waals surface area contributed by atoms with Crippen molar-refractivity contribution in [2.45, 2.75) is 26.7 Å². The van der Waals surface area contributed by atoms with Gasteiger partial charge >= 0.3 is 0 Å². The van der Waals surface area contributed by atoms with Crippen LogP contribution in [-0.2, 0) is 24.5 Å². The number of aryl methyl sites for hydroxylation is 1. The Morgan fingerprint density at radius 1 is 1.16 bits per heavy atom. The maximum atomic E-state index is 12.1. The Kier molecular flexibility index (Phi) is 5.76. The number of ether oxygens (including phenoxy) is 1. The molecule has 0 fully saturated rings. The van der Waals surface area contributed by atoms with Crippen LogP contribution in [0.2, 0.25) is 0 Å². The number of carbonyl (C=O) groups excluding carboxylic acids is 1. The van der Waals surface area contributed by atoms with Crippen molar-refractivity contribution < 1.29 is 9.53 Å². The molecule has 0 spiro atoms. The molecular weight excluding hydrogens is 338 g/mol. The summed E-state index contributed by atoms with van der Waals surface area (Å²) in [6.45, 7) is 2.90. The fraction of sp³-hybridized carbons (Fsp3) is 0.235. The quantitative estimate of drug-likeness (QED) is 0.699. The lowest BCUT2D eigenvalue weighted by molar-refractivity contribution is 0.0944. The zero-order valence-corrected chi connectivity index (χ0v) is 14.5. The van der Waals surface area contributed by atoms with Gasteiger partial charge in [-0.25, -0.2) is 4.98 Å². The molecule has 7 nitrogen and oxygen atoms in total. The minimum absolute atomic E-state index is 0.266. The summed E-state index contributed by atoms with van der Waals surface area (Å²) >= 11 is 1.05. The third kappa shape index (κ3) is 4.88. The van der Waals surface area contributed by atoms with Crippen LogP contribution in [0.15, 0.2) is 42.7 Å². The highest BCUT2D eigenvalue weighted by Gasteiger charge is 2.13. The summed E-state index contributed by atoms with van der Waals surface area (Å²) in [5.74, 6) is 0.221. The van der Waals surface area contributed by atoms with Crippen molar-refractivity contribution in [1.82, 2.24) is 24.6 Å². The summed E-state index contributed by atoms with van der Waals surface area (Å²) in [5, 5.41) is 3.08. The topological polar surface area (TPSA) is 89.9 Å². The first kappa shape index (κ1) is 17.1. The minimum atomic E-state index is -0.281. The van der Waals surface area contributed by atoms with Crippen LogP contribution in [0.5, 0.6) is 0 Å². The molecule has 2 aromatic heterocycles. The molecule has 3 aromatic rings. The first-order valence-electron chi connectivity index (χ1n) is 7.71. The number of amides is 1. The fourth-order valence-corrected chi connectivity index (χ4v) is 2.68. The van der Waals surface area contributed by atoms with Crippen molar-refractivity contribution in [3.8, 4) is 0 Å². The molecule has 8 heteroatoms. The van der Waals surface area contributed by atoms with E-state index in [0.29, 0.717) is 24.0 Å². The number of rotatable bonds is 7. The molecule has 1 N–H and O–H groups in total. The third-order valence-electron chi connectivity index (χ3n) is 3.40. The van der Waals surface area contributed by atoms with Gasteiger partial charge in [0.05, 0.1) is 24.5 Å². The maximum absolute atomic E-state index is 12.1. The lowest BCUT2D eigenvalue weighted by Crippen LogP contribution is -2.23. The molecule has 0 aliphatic heterocycles. The van der Waals surface area contributed by atoms with E-state index in [9.17, 15) is 4.79 Å². The highest BCUT2D eigenvalue weighted by molar-refractivity contribution is 7.07. The lowest BCUT2D eigenvalue weighted by atomic mass is 10.2. The molecule has 128 valence electrons. The second-order valence-corrected chi connectivity index (χ2v) is 6.02. The Balaban J connectivity index is 1.49. The molecule has 0 unspecified atom stereocenters. The Morgan fingerprint density at radius 3 is 2.76 bits per heavy atom. The highest BCUT2D eigenvalue weighted by Crippen LogP contribution is 2.08. The van der Waals surface area contributed by atoms with Gasteiger partial charge in [-0.3, -0.25) is 14.8 Å². The van der Waals surface area contributed by atoms with E-state index in [1.165, 1.54) is 0 Å². The number of hydrogen-bond acceptors (Lipinski definition) is 7. The molecule has 1 amide bonds. The molecule has 1 aromatic carbocycles. The third-order valence-corrected chi connectivity index (χ3v) is 4.16. The number of benzene rings is 1. The molecule has 0 saturated heterocycles. The van der Waals surface area contributed by atoms with Crippen molar-refractivity contribution in [3.05, 3.63) is 70.5 Å². The largest absolute Gasteiger partial charge is 0.369 e. The first-order valence-corrected chi connectivity index (χ1v) is 8.48. The minimum Gasteiger partial charge on any atom is -0.369 e. The van der Waals surface area contributed by atoms with Crippen molar-refractivity contribution in [3.63, 3.8) is 0 Å². The standard InChI is InChI=1S/C17H17N5O2S/c1-12-14(19-8-7-18-12)9-20-16(23)17-21-15(22-25-17)11-24-10-13-5-3-2-4-6-13/h2-8H,9-11H2,1H3,(H,20,23). The second kappa shape index (κ2) is 8.41. The summed E-state index contributed by atoms with van der Waals surface area (Å²) < 4.78 is 9.73. The lowest BCUT2D eigenvalue weighted by Gasteiger charge is -2.04. The van der Waals surface area contributed by atoms with Crippen LogP contribution in [0, 0.1) is 6.92 Å². The summed E-state index contributed by atoms with van der Waals surface area (Å²) in [7, 11) is 0. The first-order chi connectivity index (χ1) is 12.2. The van der Waals surface area contributed by atoms with Crippen LogP contribution in [0.3, 0.4) is 0 Å². The molecular formula is C17H17N5O2S. The monoisotopic (exact) mass is 355 g/mol. The maximum Gasteiger partial charge on any atom is 0.282 e. The molecule has 0 atom stereocenters. The van der Waals surface area contributed by atoms with Crippen molar-refractivity contribution in [1.29, 1.82) is 0 Å². The average molecular weight is 355 g/mol. The fourth-order valence-electron chi connectivity index (χ4n) is 2.09. The van der Waals surface area contributed by atoms with E-state index < -0.39 is 0 Å². The average Bonchev–Trinajstić information content (AvgIpc) is 3.11. The Morgan fingerprint density at radius 2 is 1.96 bits per heavy atom. The highest BCUT2D eigenvalue weighted by atomic mass is 32.1. The van der Waals surface area contributed by atoms with Gasteiger partial charge in [-0.2, -0.15) is 4.37 Å². The van der Waals surface area contributed by atoms with Crippen molar-refractivity contribution in [2.24, 2.45) is 0 Å². The van der Waals surface area contributed by atoms with E-state index in [-0.39, 0.29) is 12.5 Å². The van der Waals surface area contributed by atoms with E-state index in [0.717, 1.165) is 28.5 Å². The van der Waals surface area contributed by atoms with Crippen molar-refractivity contribution >= 4 is 17.4 Å². The van der Waals surface area contributed by atoms with E-state index in [1.807, 2.05) is 37.3 Å². The van der Waals surface area contributed by atoms with Gasteiger partial charge in [0.25, 0.3) is 5.91 Å². The predicted molar refractivity (Wildman–Crippen MR) is 92.8 cm³/mol. The molecule has 2 heterocycles. The molecule has 0 bridgehead atoms. The van der Waals surface area contributed by atoms with Crippen LogP contribution in [-0.4, -0.2) is 25.2 Å². The van der Waals surface area contributed by atoms with Crippen molar-refractivity contribution in [2.75, 3.05) is 0 Å². The normalized spacial score (nSPS) is 10.6. The Bertz CT molecular complexity index is 838. The van der Waals surface area contributed by atoms with Crippen LogP contribution < -0.4 is 5.32 Å². The molecule has 0 radical (unpaired) electrons. The summed E-state index contributed by atoms with van der Waals surface area (Å²) in [6.07, 6.45) is 3.22. The zero-order valence-electron chi connectivity index (χ0n) is 13.7. The van der Waals surface area contributed by atoms with Gasteiger partial charge in [0.1, 0.15) is 6.61 Å². The van der Waals surface area contributed by atoms with Gasteiger partial charge < -0.3 is 10.1 Å². The second-order valence-electron chi connectivity index (χ2n) is 5.27. The molecule has 0 aliphatic carbocycles. The number of carbonyl (C=O) groups is 1. The molecule has 3 rings (SSSR count). The van der Waals surface area contributed by atoms with Gasteiger partial charge in [0.2, 0.25) is 5.01 Å². The zero-order chi connectivity index (χ0) is 17.5. The molecule has 0 saturated carbocycles.